The summed E-state index contributed by atoms with van der Waals surface area (Å²) in [6.45, 7) is 2.58. The zero-order chi connectivity index (χ0) is 59.7. The number of urea groups is 1. The molecule has 8 atom stereocenters. The van der Waals surface area contributed by atoms with E-state index in [1.807, 2.05) is 0 Å². The fraction of sp³-hybridized carbons (Fsp3) is 0.490. The van der Waals surface area contributed by atoms with Gasteiger partial charge in [0, 0.05) is 68.1 Å². The van der Waals surface area contributed by atoms with E-state index in [2.05, 4.69) is 82.8 Å². The third-order valence-corrected chi connectivity index (χ3v) is 12.9. The van der Waals surface area contributed by atoms with E-state index in [1.165, 1.54) is 45.2 Å². The first-order chi connectivity index (χ1) is 37.8. The second-order valence-electron chi connectivity index (χ2n) is 18.9. The summed E-state index contributed by atoms with van der Waals surface area (Å²) >= 11 is 8.26. The molecule has 1 unspecified atom stereocenters. The zero-order valence-corrected chi connectivity index (χ0v) is 46.3. The molecule has 0 aliphatic rings. The van der Waals surface area contributed by atoms with Gasteiger partial charge in [-0.3, -0.25) is 43.5 Å². The second kappa shape index (κ2) is 32.8. The number of para-hydroxylation sites is 1. The number of nitrogens with one attached hydrogen (secondary N) is 9. The molecule has 29 nitrogen and oxygen atoms in total. The zero-order valence-electron chi connectivity index (χ0n) is 44.5. The molecule has 440 valence electrons. The number of carboxylic acids is 1. The molecule has 23 N–H and O–H groups in total. The Morgan fingerprint density at radius 1 is 0.675 bits per heavy atom. The van der Waals surface area contributed by atoms with E-state index < -0.39 is 107 Å². The summed E-state index contributed by atoms with van der Waals surface area (Å²) in [7, 11) is 1.29. The van der Waals surface area contributed by atoms with E-state index >= 15 is 0 Å². The van der Waals surface area contributed by atoms with Crippen molar-refractivity contribution in [2.75, 3.05) is 38.2 Å². The summed E-state index contributed by atoms with van der Waals surface area (Å²) < 4.78 is 5.59. The van der Waals surface area contributed by atoms with Crippen molar-refractivity contribution in [3.05, 3.63) is 65.9 Å². The van der Waals surface area contributed by atoms with Gasteiger partial charge in [-0.15, -0.1) is 0 Å². The van der Waals surface area contributed by atoms with Gasteiger partial charge in [0.2, 0.25) is 41.4 Å². The number of ether oxygens (including phenoxy) is 1. The predicted molar refractivity (Wildman–Crippen MR) is 304 cm³/mol. The number of carbonyl (C=O) groups excluding carboxylic acids is 8. The van der Waals surface area contributed by atoms with Crippen LogP contribution in [0.3, 0.4) is 0 Å². The maximum absolute atomic E-state index is 14.8. The SMILES string of the molecule is COC(CN=C(N)N)C[C@H](NC(=O)[C@@H](Cc1ccc(O)cc1)NC(=O)[C@H](CCCNC(N)=O)NC(=O)C(C)(C)NC(=O)[C@H](CS)NC(=O)[C@@H](N)CCCN=C(N)N)C(=O)N[C@H](Cc1c[nH]c2ccccc12)C(=O)N[C@@H](CS)C(=O)O. The third-order valence-electron chi connectivity index (χ3n) is 12.2. The lowest BCUT2D eigenvalue weighted by molar-refractivity contribution is -0.141. The Morgan fingerprint density at radius 3 is 1.82 bits per heavy atom. The highest BCUT2D eigenvalue weighted by atomic mass is 32.1. The smallest absolute Gasteiger partial charge is 0.327 e. The first-order valence-electron chi connectivity index (χ1n) is 25.1. The predicted octanol–water partition coefficient (Wildman–Crippen LogP) is -4.09. The fourth-order valence-electron chi connectivity index (χ4n) is 7.73. The number of phenols is 1. The number of aromatic nitrogens is 1. The number of carbonyl (C=O) groups is 9. The molecule has 1 aromatic heterocycles. The van der Waals surface area contributed by atoms with E-state index in [9.17, 15) is 53.4 Å². The van der Waals surface area contributed by atoms with E-state index in [1.54, 1.807) is 30.5 Å². The quantitative estimate of drug-likeness (QED) is 0.0117. The molecule has 9 amide bonds. The number of H-pyrrole nitrogens is 1. The lowest BCUT2D eigenvalue weighted by Gasteiger charge is -2.31. The van der Waals surface area contributed by atoms with E-state index in [0.29, 0.717) is 28.5 Å². The largest absolute Gasteiger partial charge is 0.508 e. The number of nitrogens with zero attached hydrogens (tertiary/aromatic N) is 2. The van der Waals surface area contributed by atoms with Crippen LogP contribution in [0.4, 0.5) is 4.79 Å². The van der Waals surface area contributed by atoms with E-state index in [0.717, 1.165) is 0 Å². The number of aliphatic imine (C=N–C) groups is 2. The highest BCUT2D eigenvalue weighted by molar-refractivity contribution is 7.80. The molecule has 0 spiro atoms. The molecule has 80 heavy (non-hydrogen) atoms. The van der Waals surface area contributed by atoms with Crippen molar-refractivity contribution in [1.82, 2.24) is 47.5 Å². The molecule has 0 bridgehead atoms. The molecule has 0 radical (unpaired) electrons. The van der Waals surface area contributed by atoms with Crippen LogP contribution in [0.5, 0.6) is 5.75 Å². The minimum atomic E-state index is -1.79. The number of benzene rings is 2. The molecule has 0 fully saturated rings. The van der Waals surface area contributed by atoms with Gasteiger partial charge in [0.1, 0.15) is 47.5 Å². The highest BCUT2D eigenvalue weighted by Gasteiger charge is 2.38. The number of carboxylic acid groups (broad SMARTS) is 1. The van der Waals surface area contributed by atoms with Crippen LogP contribution < -0.4 is 76.9 Å². The van der Waals surface area contributed by atoms with Crippen molar-refractivity contribution >= 4 is 101 Å². The summed E-state index contributed by atoms with van der Waals surface area (Å²) in [5.74, 6) is -8.72. The van der Waals surface area contributed by atoms with Crippen molar-refractivity contribution in [1.29, 1.82) is 0 Å². The lowest BCUT2D eigenvalue weighted by atomic mass is 10.00. The number of aromatic amines is 1. The van der Waals surface area contributed by atoms with Crippen LogP contribution in [0, 0.1) is 0 Å². The number of aromatic hydroxyl groups is 1. The summed E-state index contributed by atoms with van der Waals surface area (Å²) in [6.07, 6.45) is 0.213. The Hall–Kier alpha value is -8.03. The minimum absolute atomic E-state index is 0.0356. The monoisotopic (exact) mass is 1160 g/mol. The molecule has 3 rings (SSSR count). The number of amides is 9. The van der Waals surface area contributed by atoms with Gasteiger partial charge in [-0.2, -0.15) is 25.3 Å². The number of primary amides is 1. The normalized spacial score (nSPS) is 14.2. The van der Waals surface area contributed by atoms with Crippen molar-refractivity contribution in [2.45, 2.75) is 113 Å². The molecule has 0 aliphatic carbocycles. The number of hydrogen-bond donors (Lipinski definition) is 19. The van der Waals surface area contributed by atoms with Gasteiger partial charge in [0.05, 0.1) is 18.7 Å². The Morgan fingerprint density at radius 2 is 1.24 bits per heavy atom. The molecule has 0 saturated heterocycles. The van der Waals surface area contributed by atoms with Gasteiger partial charge in [0.15, 0.2) is 11.9 Å². The number of thiol groups is 2. The van der Waals surface area contributed by atoms with Gasteiger partial charge < -0.3 is 96.9 Å². The standard InChI is InChI=1S/C49H75N17O12S2/c1-49(2,66-43(73)36(23-79)63-38(68)30(50)9-6-16-56-46(51)52)45(76)65-32(11-7-17-57-48(55)77)39(69)60-33(18-25-12-14-27(67)15-13-25)40(70)62-35(20-28(78-3)22-59-47(53)54)42(72)61-34(41(71)64-37(24-80)44(74)75)19-26-21-58-31-10-5-4-8-29(26)31/h4-5,8,10,12-15,21,28,30,32-37,58,67,79-80H,6-7,9,11,16-20,22-24,50H2,1-3H3,(H,60,69)(H,61,72)(H,62,70)(H,63,68)(H,64,71)(H,65,76)(H,66,73)(H,74,75)(H4,51,52,56)(H4,53,54,59)(H3,55,57,77)/t28?,30-,32-,33+,34+,35-,36-,37-/m0/s1. The molecule has 31 heteroatoms. The van der Waals surface area contributed by atoms with Crippen LogP contribution in [0.2, 0.25) is 0 Å². The Bertz CT molecular complexity index is 2670. The summed E-state index contributed by atoms with van der Waals surface area (Å²) in [4.78, 5) is 133. The fourth-order valence-corrected chi connectivity index (χ4v) is 8.23. The van der Waals surface area contributed by atoms with Crippen LogP contribution in [-0.2, 0) is 55.9 Å². The van der Waals surface area contributed by atoms with Crippen molar-refractivity contribution in [3.8, 4) is 5.75 Å². The van der Waals surface area contributed by atoms with E-state index in [4.69, 9.17) is 39.1 Å². The number of rotatable bonds is 34. The third kappa shape index (κ3) is 22.4. The number of fused-ring (bicyclic) bond motifs is 1. The Labute approximate surface area is 472 Å². The van der Waals surface area contributed by atoms with Gasteiger partial charge in [-0.1, -0.05) is 30.3 Å². The van der Waals surface area contributed by atoms with Crippen LogP contribution >= 0.6 is 25.3 Å². The summed E-state index contributed by atoms with van der Waals surface area (Å²) in [5.41, 5.74) is 33.0. The molecular weight excluding hydrogens is 1080 g/mol. The van der Waals surface area contributed by atoms with Crippen LogP contribution in [0.25, 0.3) is 10.9 Å². The lowest BCUT2D eigenvalue weighted by Crippen LogP contribution is -2.63. The van der Waals surface area contributed by atoms with Gasteiger partial charge in [0.25, 0.3) is 0 Å². The van der Waals surface area contributed by atoms with Gasteiger partial charge in [-0.25, -0.2) is 9.59 Å². The number of nitrogens with two attached hydrogens (primary N) is 6. The number of phenolic OH excluding ortho intramolecular Hbond substituents is 1. The highest BCUT2D eigenvalue weighted by Crippen LogP contribution is 2.20. The van der Waals surface area contributed by atoms with Crippen LogP contribution in [0.15, 0.2) is 64.7 Å². The Balaban J connectivity index is 2.02. The number of guanidine groups is 2. The average molecular weight is 1160 g/mol. The molecule has 0 aliphatic heterocycles. The maximum atomic E-state index is 14.8. The molecule has 2 aromatic carbocycles. The molecule has 0 saturated carbocycles. The molecule has 1 heterocycles. The van der Waals surface area contributed by atoms with Crippen molar-refractivity contribution < 1.29 is 58.1 Å². The van der Waals surface area contributed by atoms with Gasteiger partial charge in [-0.05, 0) is 68.9 Å². The van der Waals surface area contributed by atoms with Crippen molar-refractivity contribution in [3.63, 3.8) is 0 Å². The number of methoxy groups -OCH3 is 1. The van der Waals surface area contributed by atoms with Crippen LogP contribution in [0.1, 0.15) is 57.1 Å². The Kier molecular flexibility index (Phi) is 27.1. The van der Waals surface area contributed by atoms with Crippen LogP contribution in [-0.4, -0.2) is 173 Å². The minimum Gasteiger partial charge on any atom is -0.508 e. The molecular formula is C49H75N17O12S2. The summed E-state index contributed by atoms with van der Waals surface area (Å²) in [5, 5.41) is 40.9. The summed E-state index contributed by atoms with van der Waals surface area (Å²) in [6, 6.07) is 1.92. The molecule has 3 aromatic rings. The van der Waals surface area contributed by atoms with E-state index in [-0.39, 0.29) is 87.3 Å². The average Bonchev–Trinajstić information content (AvgIpc) is 3.81. The first-order valence-corrected chi connectivity index (χ1v) is 26.4. The second-order valence-corrected chi connectivity index (χ2v) is 19.7. The number of hydrogen-bond acceptors (Lipinski definition) is 16. The number of aliphatic carboxylic acids is 1. The first kappa shape index (κ1) is 66.3. The van der Waals surface area contributed by atoms with Crippen molar-refractivity contribution in [2.24, 2.45) is 44.4 Å². The maximum Gasteiger partial charge on any atom is 0.327 e. The van der Waals surface area contributed by atoms with Gasteiger partial charge >= 0.3 is 12.0 Å². The topological polar surface area (TPSA) is 496 Å².